The molecule has 0 aliphatic carbocycles. The lowest BCUT2D eigenvalue weighted by molar-refractivity contribution is 0.126. The Labute approximate surface area is 104 Å². The monoisotopic (exact) mass is 278 g/mol. The molecular formula is C11H12ClFO3S. The third-order valence-corrected chi connectivity index (χ3v) is 3.95. The van der Waals surface area contributed by atoms with Crippen molar-refractivity contribution in [2.24, 2.45) is 0 Å². The Morgan fingerprint density at radius 1 is 1.35 bits per heavy atom. The molecule has 1 aliphatic heterocycles. The van der Waals surface area contributed by atoms with Crippen molar-refractivity contribution >= 4 is 19.7 Å². The zero-order chi connectivity index (χ0) is 12.5. The summed E-state index contributed by atoms with van der Waals surface area (Å²) in [5.74, 6) is -0.349. The summed E-state index contributed by atoms with van der Waals surface area (Å²) in [6.45, 7) is 0.447. The molecule has 0 saturated carbocycles. The van der Waals surface area contributed by atoms with Crippen molar-refractivity contribution in [3.63, 3.8) is 0 Å². The summed E-state index contributed by atoms with van der Waals surface area (Å²) in [6, 6.07) is 6.17. The molecule has 2 rings (SSSR count). The largest absolute Gasteiger partial charge is 0.376 e. The van der Waals surface area contributed by atoms with Crippen LogP contribution in [0.1, 0.15) is 17.9 Å². The zero-order valence-electron chi connectivity index (χ0n) is 8.97. The van der Waals surface area contributed by atoms with Crippen molar-refractivity contribution in [1.82, 2.24) is 0 Å². The SMILES string of the molecule is O=S(=O)(Cl)CC1CC(c2ccc(F)cc2)CO1. The molecule has 0 N–H and O–H groups in total. The van der Waals surface area contributed by atoms with Crippen LogP contribution in [0.25, 0.3) is 0 Å². The number of rotatable bonds is 3. The summed E-state index contributed by atoms with van der Waals surface area (Å²) in [5.41, 5.74) is 0.959. The van der Waals surface area contributed by atoms with E-state index >= 15 is 0 Å². The van der Waals surface area contributed by atoms with Crippen molar-refractivity contribution in [1.29, 1.82) is 0 Å². The van der Waals surface area contributed by atoms with E-state index < -0.39 is 9.05 Å². The van der Waals surface area contributed by atoms with E-state index in [1.54, 1.807) is 12.1 Å². The van der Waals surface area contributed by atoms with Crippen molar-refractivity contribution in [3.05, 3.63) is 35.6 Å². The predicted octanol–water partition coefficient (Wildman–Crippen LogP) is 2.27. The highest BCUT2D eigenvalue weighted by Gasteiger charge is 2.29. The van der Waals surface area contributed by atoms with E-state index in [0.717, 1.165) is 5.56 Å². The maximum Gasteiger partial charge on any atom is 0.235 e. The van der Waals surface area contributed by atoms with E-state index in [9.17, 15) is 12.8 Å². The van der Waals surface area contributed by atoms with Gasteiger partial charge in [-0.2, -0.15) is 0 Å². The minimum Gasteiger partial charge on any atom is -0.376 e. The van der Waals surface area contributed by atoms with Gasteiger partial charge in [-0.3, -0.25) is 0 Å². The molecule has 1 fully saturated rings. The van der Waals surface area contributed by atoms with Gasteiger partial charge in [-0.05, 0) is 24.1 Å². The molecule has 1 aromatic rings. The van der Waals surface area contributed by atoms with E-state index in [-0.39, 0.29) is 23.6 Å². The Bertz CT molecular complexity index is 486. The summed E-state index contributed by atoms with van der Waals surface area (Å²) in [4.78, 5) is 0. The first-order valence-corrected chi connectivity index (χ1v) is 7.71. The summed E-state index contributed by atoms with van der Waals surface area (Å²) in [6.07, 6.45) is 0.227. The van der Waals surface area contributed by atoms with Gasteiger partial charge < -0.3 is 4.74 Å². The highest BCUT2D eigenvalue weighted by atomic mass is 35.7. The van der Waals surface area contributed by atoms with Crippen LogP contribution in [0.4, 0.5) is 4.39 Å². The Morgan fingerprint density at radius 2 is 2.00 bits per heavy atom. The fraction of sp³-hybridized carbons (Fsp3) is 0.455. The third kappa shape index (κ3) is 3.66. The second-order valence-corrected chi connectivity index (χ2v) is 6.97. The van der Waals surface area contributed by atoms with Gasteiger partial charge in [-0.1, -0.05) is 12.1 Å². The third-order valence-electron chi connectivity index (χ3n) is 2.81. The van der Waals surface area contributed by atoms with Crippen LogP contribution in [0, 0.1) is 5.82 Å². The van der Waals surface area contributed by atoms with Gasteiger partial charge in [-0.15, -0.1) is 0 Å². The van der Waals surface area contributed by atoms with Gasteiger partial charge in [-0.25, -0.2) is 12.8 Å². The molecule has 3 nitrogen and oxygen atoms in total. The first-order chi connectivity index (χ1) is 7.94. The lowest BCUT2D eigenvalue weighted by atomic mass is 9.97. The maximum absolute atomic E-state index is 12.7. The van der Waals surface area contributed by atoms with Crippen LogP contribution >= 0.6 is 10.7 Å². The number of halogens is 2. The molecule has 2 unspecified atom stereocenters. The first-order valence-electron chi connectivity index (χ1n) is 5.23. The molecule has 0 radical (unpaired) electrons. The van der Waals surface area contributed by atoms with Crippen LogP contribution in [-0.2, 0) is 13.8 Å². The van der Waals surface area contributed by atoms with Gasteiger partial charge in [0.25, 0.3) is 0 Å². The quantitative estimate of drug-likeness (QED) is 0.797. The number of benzene rings is 1. The van der Waals surface area contributed by atoms with Gasteiger partial charge in [0.05, 0.1) is 18.5 Å². The zero-order valence-corrected chi connectivity index (χ0v) is 10.5. The highest BCUT2D eigenvalue weighted by Crippen LogP contribution is 2.30. The molecule has 0 amide bonds. The van der Waals surface area contributed by atoms with Crippen molar-refractivity contribution in [2.45, 2.75) is 18.4 Å². The molecule has 1 aliphatic rings. The van der Waals surface area contributed by atoms with E-state index in [4.69, 9.17) is 15.4 Å². The minimum atomic E-state index is -3.53. The number of ether oxygens (including phenoxy) is 1. The molecule has 17 heavy (non-hydrogen) atoms. The Hall–Kier alpha value is -0.650. The number of hydrogen-bond acceptors (Lipinski definition) is 3. The fourth-order valence-corrected chi connectivity index (χ4v) is 3.11. The first kappa shape index (κ1) is 12.8. The summed E-state index contributed by atoms with van der Waals surface area (Å²) < 4.78 is 39.9. The smallest absolute Gasteiger partial charge is 0.235 e. The summed E-state index contributed by atoms with van der Waals surface area (Å²) in [5, 5.41) is 0. The molecule has 0 spiro atoms. The summed E-state index contributed by atoms with van der Waals surface area (Å²) >= 11 is 0. The van der Waals surface area contributed by atoms with Crippen LogP contribution in [0.3, 0.4) is 0 Å². The topological polar surface area (TPSA) is 43.4 Å². The van der Waals surface area contributed by atoms with E-state index in [2.05, 4.69) is 0 Å². The van der Waals surface area contributed by atoms with Crippen LogP contribution in [0.15, 0.2) is 24.3 Å². The highest BCUT2D eigenvalue weighted by molar-refractivity contribution is 8.13. The normalized spacial score (nSPS) is 25.1. The molecule has 0 bridgehead atoms. The second-order valence-electron chi connectivity index (χ2n) is 4.15. The van der Waals surface area contributed by atoms with E-state index in [1.807, 2.05) is 0 Å². The average Bonchev–Trinajstić information content (AvgIpc) is 2.64. The fourth-order valence-electron chi connectivity index (χ4n) is 2.01. The lowest BCUT2D eigenvalue weighted by Crippen LogP contribution is -2.16. The molecule has 1 heterocycles. The van der Waals surface area contributed by atoms with Gasteiger partial charge in [0.15, 0.2) is 0 Å². The van der Waals surface area contributed by atoms with E-state index in [1.165, 1.54) is 12.1 Å². The molecule has 94 valence electrons. The van der Waals surface area contributed by atoms with Gasteiger partial charge in [0.1, 0.15) is 5.82 Å². The minimum absolute atomic E-state index is 0.110. The van der Waals surface area contributed by atoms with Crippen LogP contribution in [0.5, 0.6) is 0 Å². The van der Waals surface area contributed by atoms with Gasteiger partial charge in [0.2, 0.25) is 9.05 Å². The van der Waals surface area contributed by atoms with E-state index in [0.29, 0.717) is 13.0 Å². The molecule has 6 heteroatoms. The second kappa shape index (κ2) is 4.92. The van der Waals surface area contributed by atoms with Crippen LogP contribution < -0.4 is 0 Å². The Morgan fingerprint density at radius 3 is 2.59 bits per heavy atom. The molecular weight excluding hydrogens is 267 g/mol. The van der Waals surface area contributed by atoms with Gasteiger partial charge in [0, 0.05) is 16.6 Å². The molecule has 1 aromatic carbocycles. The molecule has 2 atom stereocenters. The maximum atomic E-state index is 12.7. The van der Waals surface area contributed by atoms with Crippen LogP contribution in [-0.4, -0.2) is 26.9 Å². The average molecular weight is 279 g/mol. The van der Waals surface area contributed by atoms with Crippen LogP contribution in [0.2, 0.25) is 0 Å². The van der Waals surface area contributed by atoms with Crippen molar-refractivity contribution in [3.8, 4) is 0 Å². The molecule has 0 aromatic heterocycles. The van der Waals surface area contributed by atoms with Crippen molar-refractivity contribution in [2.75, 3.05) is 12.4 Å². The summed E-state index contributed by atoms with van der Waals surface area (Å²) in [7, 11) is 1.64. The Balaban J connectivity index is 2.00. The van der Waals surface area contributed by atoms with Crippen molar-refractivity contribution < 1.29 is 17.5 Å². The molecule has 1 saturated heterocycles. The van der Waals surface area contributed by atoms with Gasteiger partial charge >= 0.3 is 0 Å². The standard InChI is InChI=1S/C11H12ClFO3S/c12-17(14,15)7-11-5-9(6-16-11)8-1-3-10(13)4-2-8/h1-4,9,11H,5-7H2. The predicted molar refractivity (Wildman–Crippen MR) is 63.1 cm³/mol. The lowest BCUT2D eigenvalue weighted by Gasteiger charge is -2.08. The Kier molecular flexibility index (Phi) is 3.70. The number of hydrogen-bond donors (Lipinski definition) is 0.